The van der Waals surface area contributed by atoms with E-state index >= 15 is 0 Å². The summed E-state index contributed by atoms with van der Waals surface area (Å²) >= 11 is 8.45. The second-order valence-corrected chi connectivity index (χ2v) is 8.99. The number of ketones is 1. The van der Waals surface area contributed by atoms with Crippen LogP contribution in [0.15, 0.2) is 37.9 Å². The van der Waals surface area contributed by atoms with Crippen molar-refractivity contribution in [1.82, 2.24) is 4.90 Å². The Morgan fingerprint density at radius 1 is 1.24 bits per heavy atom. The number of Topliss-reactive ketones (excluding diaryl/α,β-unsaturated/α-hetero) is 1. The molecule has 0 spiro atoms. The number of benzene rings is 1. The van der Waals surface area contributed by atoms with Crippen molar-refractivity contribution in [1.29, 1.82) is 0 Å². The van der Waals surface area contributed by atoms with Crippen molar-refractivity contribution in [2.45, 2.75) is 19.4 Å². The molecule has 5 heteroatoms. The number of carbonyl (C=O) groups is 1. The molecule has 0 fully saturated rings. The number of rotatable bonds is 3. The lowest BCUT2D eigenvalue weighted by Gasteiger charge is -2.19. The van der Waals surface area contributed by atoms with Crippen molar-refractivity contribution in [2.75, 3.05) is 13.1 Å². The highest BCUT2D eigenvalue weighted by Gasteiger charge is 2.19. The van der Waals surface area contributed by atoms with Crippen molar-refractivity contribution in [3.8, 4) is 0 Å². The molecule has 0 N–H and O–H groups in total. The smallest absolute Gasteiger partial charge is 0.178 e. The van der Waals surface area contributed by atoms with Crippen LogP contribution in [0.3, 0.4) is 0 Å². The summed E-state index contributed by atoms with van der Waals surface area (Å²) in [7, 11) is 0. The third-order valence-electron chi connectivity index (χ3n) is 3.76. The van der Waals surface area contributed by atoms with Crippen LogP contribution in [0.2, 0.25) is 0 Å². The molecule has 2 heterocycles. The molecule has 0 saturated carbocycles. The number of fused-ring (bicyclic) bond motifs is 1. The van der Waals surface area contributed by atoms with Crippen LogP contribution in [0, 0.1) is 0 Å². The quantitative estimate of drug-likeness (QED) is 0.647. The Bertz CT molecular complexity index is 668. The highest BCUT2D eigenvalue weighted by Crippen LogP contribution is 2.32. The Balaban J connectivity index is 1.73. The van der Waals surface area contributed by atoms with E-state index in [1.165, 1.54) is 11.1 Å². The molecular weight excluding hydrogens is 414 g/mol. The van der Waals surface area contributed by atoms with E-state index in [4.69, 9.17) is 0 Å². The SMILES string of the molecule is O=C(CN1CCCc2ccccc2C1)c1cc(Br)sc1Br. The minimum Gasteiger partial charge on any atom is -0.293 e. The molecule has 2 aromatic rings. The fourth-order valence-corrected chi connectivity index (χ4v) is 5.58. The number of hydrogen-bond donors (Lipinski definition) is 0. The lowest BCUT2D eigenvalue weighted by molar-refractivity contribution is 0.0926. The molecule has 0 amide bonds. The van der Waals surface area contributed by atoms with E-state index in [2.05, 4.69) is 61.0 Å². The van der Waals surface area contributed by atoms with Crippen molar-refractivity contribution < 1.29 is 4.79 Å². The van der Waals surface area contributed by atoms with Gasteiger partial charge in [0.05, 0.1) is 14.1 Å². The molecular formula is C16H15Br2NOS. The van der Waals surface area contributed by atoms with Gasteiger partial charge in [-0.2, -0.15) is 0 Å². The molecule has 0 saturated heterocycles. The van der Waals surface area contributed by atoms with Gasteiger partial charge >= 0.3 is 0 Å². The van der Waals surface area contributed by atoms with Crippen LogP contribution in [0.5, 0.6) is 0 Å². The zero-order valence-electron chi connectivity index (χ0n) is 11.4. The molecule has 21 heavy (non-hydrogen) atoms. The minimum absolute atomic E-state index is 0.184. The second kappa shape index (κ2) is 6.73. The maximum Gasteiger partial charge on any atom is 0.178 e. The fraction of sp³-hybridized carbons (Fsp3) is 0.312. The first-order valence-electron chi connectivity index (χ1n) is 6.90. The van der Waals surface area contributed by atoms with Gasteiger partial charge in [-0.15, -0.1) is 11.3 Å². The normalized spacial score (nSPS) is 15.5. The number of halogens is 2. The Morgan fingerprint density at radius 3 is 2.71 bits per heavy atom. The van der Waals surface area contributed by atoms with Crippen LogP contribution in [-0.2, 0) is 13.0 Å². The molecule has 2 nitrogen and oxygen atoms in total. The van der Waals surface area contributed by atoms with Gasteiger partial charge < -0.3 is 0 Å². The fourth-order valence-electron chi connectivity index (χ4n) is 2.72. The first-order chi connectivity index (χ1) is 10.1. The summed E-state index contributed by atoms with van der Waals surface area (Å²) in [5.74, 6) is 0.184. The standard InChI is InChI=1S/C16H15Br2NOS/c17-15-8-13(16(18)21-15)14(20)10-19-7-3-6-11-4-1-2-5-12(11)9-19/h1-2,4-5,8H,3,6-7,9-10H2. The van der Waals surface area contributed by atoms with Crippen molar-refractivity contribution in [3.63, 3.8) is 0 Å². The molecule has 1 aromatic heterocycles. The molecule has 3 rings (SSSR count). The monoisotopic (exact) mass is 427 g/mol. The summed E-state index contributed by atoms with van der Waals surface area (Å²) in [5.41, 5.74) is 3.56. The largest absolute Gasteiger partial charge is 0.293 e. The molecule has 0 radical (unpaired) electrons. The van der Waals surface area contributed by atoms with Crippen LogP contribution in [0.1, 0.15) is 27.9 Å². The Morgan fingerprint density at radius 2 is 2.00 bits per heavy atom. The summed E-state index contributed by atoms with van der Waals surface area (Å²) in [5, 5.41) is 0. The van der Waals surface area contributed by atoms with E-state index in [1.807, 2.05) is 6.07 Å². The van der Waals surface area contributed by atoms with Gasteiger partial charge in [-0.05, 0) is 68.4 Å². The lowest BCUT2D eigenvalue weighted by Crippen LogP contribution is -2.29. The molecule has 1 aliphatic heterocycles. The summed E-state index contributed by atoms with van der Waals surface area (Å²) in [6.45, 7) is 2.32. The first kappa shape index (κ1) is 15.4. The Hall–Kier alpha value is -0.490. The van der Waals surface area contributed by atoms with Gasteiger partial charge in [0, 0.05) is 12.1 Å². The van der Waals surface area contributed by atoms with Gasteiger partial charge in [0.25, 0.3) is 0 Å². The molecule has 1 aromatic carbocycles. The predicted molar refractivity (Wildman–Crippen MR) is 94.1 cm³/mol. The molecule has 1 aliphatic rings. The minimum atomic E-state index is 0.184. The summed E-state index contributed by atoms with van der Waals surface area (Å²) in [6.07, 6.45) is 2.22. The number of nitrogens with zero attached hydrogens (tertiary/aromatic N) is 1. The third-order valence-corrected chi connectivity index (χ3v) is 6.10. The Kier molecular flexibility index (Phi) is 4.94. The topological polar surface area (TPSA) is 20.3 Å². The molecule has 0 unspecified atom stereocenters. The van der Waals surface area contributed by atoms with Crippen LogP contribution in [0.4, 0.5) is 0 Å². The van der Waals surface area contributed by atoms with E-state index in [-0.39, 0.29) is 5.78 Å². The van der Waals surface area contributed by atoms with E-state index in [9.17, 15) is 4.79 Å². The third kappa shape index (κ3) is 3.65. The lowest BCUT2D eigenvalue weighted by atomic mass is 10.0. The first-order valence-corrected chi connectivity index (χ1v) is 9.31. The van der Waals surface area contributed by atoms with E-state index < -0.39 is 0 Å². The van der Waals surface area contributed by atoms with Crippen LogP contribution >= 0.6 is 43.2 Å². The van der Waals surface area contributed by atoms with Gasteiger partial charge in [0.15, 0.2) is 5.78 Å². The van der Waals surface area contributed by atoms with Crippen molar-refractivity contribution in [2.24, 2.45) is 0 Å². The van der Waals surface area contributed by atoms with Crippen LogP contribution < -0.4 is 0 Å². The summed E-state index contributed by atoms with van der Waals surface area (Å²) < 4.78 is 1.90. The van der Waals surface area contributed by atoms with E-state index in [1.54, 1.807) is 11.3 Å². The Labute approximate surface area is 145 Å². The molecule has 110 valence electrons. The second-order valence-electron chi connectivity index (χ2n) is 5.24. The number of aryl methyl sites for hydroxylation is 1. The maximum absolute atomic E-state index is 12.5. The van der Waals surface area contributed by atoms with Crippen molar-refractivity contribution in [3.05, 3.63) is 54.6 Å². The van der Waals surface area contributed by atoms with Crippen LogP contribution in [0.25, 0.3) is 0 Å². The highest BCUT2D eigenvalue weighted by atomic mass is 79.9. The zero-order valence-corrected chi connectivity index (χ0v) is 15.4. The van der Waals surface area contributed by atoms with Gasteiger partial charge in [-0.1, -0.05) is 24.3 Å². The molecule has 0 bridgehead atoms. The number of carbonyl (C=O) groups excluding carboxylic acids is 1. The van der Waals surface area contributed by atoms with Crippen molar-refractivity contribution >= 4 is 49.0 Å². The van der Waals surface area contributed by atoms with Gasteiger partial charge in [0.1, 0.15) is 0 Å². The van der Waals surface area contributed by atoms with Crippen LogP contribution in [-0.4, -0.2) is 23.8 Å². The average Bonchev–Trinajstić information content (AvgIpc) is 2.68. The average molecular weight is 429 g/mol. The molecule has 0 atom stereocenters. The zero-order chi connectivity index (χ0) is 14.8. The molecule has 0 aliphatic carbocycles. The highest BCUT2D eigenvalue weighted by molar-refractivity contribution is 9.12. The summed E-state index contributed by atoms with van der Waals surface area (Å²) in [6, 6.07) is 10.5. The predicted octanol–water partition coefficient (Wildman–Crippen LogP) is 4.90. The number of thiophene rings is 1. The van der Waals surface area contributed by atoms with E-state index in [0.717, 1.165) is 39.1 Å². The maximum atomic E-state index is 12.5. The van der Waals surface area contributed by atoms with E-state index in [0.29, 0.717) is 6.54 Å². The summed E-state index contributed by atoms with van der Waals surface area (Å²) in [4.78, 5) is 14.7. The number of hydrogen-bond acceptors (Lipinski definition) is 3. The van der Waals surface area contributed by atoms with Gasteiger partial charge in [0.2, 0.25) is 0 Å². The van der Waals surface area contributed by atoms with Gasteiger partial charge in [-0.25, -0.2) is 0 Å². The van der Waals surface area contributed by atoms with Gasteiger partial charge in [-0.3, -0.25) is 9.69 Å².